The Morgan fingerprint density at radius 2 is 1.15 bits per heavy atom. The zero-order chi connectivity index (χ0) is 48.6. The van der Waals surface area contributed by atoms with Crippen LogP contribution in [0.1, 0.15) is 5.56 Å². The van der Waals surface area contributed by atoms with Gasteiger partial charge in [0.1, 0.15) is 83.5 Å². The molecule has 4 heterocycles. The summed E-state index contributed by atoms with van der Waals surface area (Å²) in [5.74, 6) is -6.30. The molecule has 15 atom stereocenters. The molecule has 7 unspecified atom stereocenters. The quantitative estimate of drug-likeness (QED) is 0.0350. The molecule has 1 aromatic heterocycles. The molecule has 364 valence electrons. The molecule has 3 fully saturated rings. The van der Waals surface area contributed by atoms with Crippen molar-refractivity contribution < 1.29 is 119 Å². The zero-order valence-electron chi connectivity index (χ0n) is 34.3. The topological polar surface area (TPSA) is 415 Å². The van der Waals surface area contributed by atoms with Crippen molar-refractivity contribution in [3.63, 3.8) is 0 Å². The largest absolute Gasteiger partial charge is 0.507 e. The number of esters is 1. The fourth-order valence-electron chi connectivity index (χ4n) is 7.43. The molecule has 67 heavy (non-hydrogen) atoms. The average molecular weight is 951 g/mol. The molecule has 4 aromatic rings. The predicted molar refractivity (Wildman–Crippen MR) is 217 cm³/mol. The van der Waals surface area contributed by atoms with Crippen molar-refractivity contribution in [2.75, 3.05) is 19.8 Å². The van der Waals surface area contributed by atoms with E-state index in [-0.39, 0.29) is 16.9 Å². The van der Waals surface area contributed by atoms with Crippen LogP contribution >= 0.6 is 0 Å². The molecule has 7 rings (SSSR count). The van der Waals surface area contributed by atoms with E-state index in [0.29, 0.717) is 0 Å². The fraction of sp³-hybridized carbons (Fsp3) is 0.429. The highest BCUT2D eigenvalue weighted by molar-refractivity contribution is 5.89. The molecule has 0 radical (unpaired) electrons. The summed E-state index contributed by atoms with van der Waals surface area (Å²) in [5, 5.41) is 155. The van der Waals surface area contributed by atoms with Crippen LogP contribution in [0.2, 0.25) is 0 Å². The van der Waals surface area contributed by atoms with E-state index in [1.807, 2.05) is 0 Å². The highest BCUT2D eigenvalue weighted by Gasteiger charge is 2.53. The van der Waals surface area contributed by atoms with Crippen molar-refractivity contribution >= 4 is 23.0 Å². The van der Waals surface area contributed by atoms with Gasteiger partial charge in [-0.05, 0) is 42.0 Å². The van der Waals surface area contributed by atoms with Gasteiger partial charge < -0.3 is 114 Å². The van der Waals surface area contributed by atoms with Gasteiger partial charge in [0.2, 0.25) is 23.8 Å². The van der Waals surface area contributed by atoms with E-state index in [0.717, 1.165) is 54.6 Å². The molecule has 0 saturated carbocycles. The highest BCUT2D eigenvalue weighted by Crippen LogP contribution is 2.41. The van der Waals surface area contributed by atoms with Crippen LogP contribution in [0.25, 0.3) is 28.4 Å². The minimum atomic E-state index is -2.17. The first kappa shape index (κ1) is 49.0. The number of benzene rings is 3. The molecular weight excluding hydrogens is 904 g/mol. The van der Waals surface area contributed by atoms with E-state index >= 15 is 0 Å². The molecule has 0 spiro atoms. The van der Waals surface area contributed by atoms with E-state index in [4.69, 9.17) is 37.6 Å². The normalized spacial score (nSPS) is 32.3. The second-order valence-corrected chi connectivity index (χ2v) is 15.5. The first-order valence-electron chi connectivity index (χ1n) is 20.2. The smallest absolute Gasteiger partial charge is 0.331 e. The van der Waals surface area contributed by atoms with E-state index in [2.05, 4.69) is 0 Å². The number of carbonyl (C=O) groups excluding carboxylic acids is 1. The Hall–Kier alpha value is -5.88. The Morgan fingerprint density at radius 1 is 0.582 bits per heavy atom. The van der Waals surface area contributed by atoms with Gasteiger partial charge in [0.15, 0.2) is 47.3 Å². The number of fused-ring (bicyclic) bond motifs is 1. The summed E-state index contributed by atoms with van der Waals surface area (Å²) in [6.45, 7) is -2.75. The molecule has 3 aromatic carbocycles. The van der Waals surface area contributed by atoms with E-state index < -0.39 is 175 Å². The molecule has 3 aliphatic rings. The molecule has 25 nitrogen and oxygen atoms in total. The van der Waals surface area contributed by atoms with E-state index in [1.54, 1.807) is 0 Å². The predicted octanol–water partition coefficient (Wildman–Crippen LogP) is -3.57. The van der Waals surface area contributed by atoms with Crippen LogP contribution in [0.15, 0.2) is 63.8 Å². The van der Waals surface area contributed by atoms with Crippen molar-refractivity contribution in [3.8, 4) is 51.6 Å². The molecular formula is C42H46O25. The Balaban J connectivity index is 1.26. The maximum atomic E-state index is 14.5. The lowest BCUT2D eigenvalue weighted by Crippen LogP contribution is -2.65. The number of phenolic OH excluding ortho intramolecular Hbond substituents is 5. The maximum Gasteiger partial charge on any atom is 0.331 e. The van der Waals surface area contributed by atoms with Gasteiger partial charge in [-0.3, -0.25) is 4.79 Å². The summed E-state index contributed by atoms with van der Waals surface area (Å²) in [6, 6.07) is 8.46. The maximum absolute atomic E-state index is 14.5. The Bertz CT molecular complexity index is 2490. The van der Waals surface area contributed by atoms with Crippen molar-refractivity contribution in [2.45, 2.75) is 92.1 Å². The lowest BCUT2D eigenvalue weighted by atomic mass is 9.97. The van der Waals surface area contributed by atoms with Crippen LogP contribution in [0.4, 0.5) is 0 Å². The molecule has 3 saturated heterocycles. The lowest BCUT2D eigenvalue weighted by molar-refractivity contribution is -0.358. The monoisotopic (exact) mass is 950 g/mol. The van der Waals surface area contributed by atoms with Gasteiger partial charge >= 0.3 is 5.97 Å². The number of rotatable bonds is 13. The van der Waals surface area contributed by atoms with Gasteiger partial charge in [0.05, 0.1) is 19.8 Å². The number of hydrogen-bond acceptors (Lipinski definition) is 25. The third kappa shape index (κ3) is 9.91. The summed E-state index contributed by atoms with van der Waals surface area (Å²) in [5.41, 5.74) is -1.72. The van der Waals surface area contributed by atoms with E-state index in [1.165, 1.54) is 6.07 Å². The summed E-state index contributed by atoms with van der Waals surface area (Å²) in [7, 11) is 0. The first-order chi connectivity index (χ1) is 31.8. The second kappa shape index (κ2) is 20.1. The van der Waals surface area contributed by atoms with E-state index in [9.17, 15) is 86.2 Å². The number of aromatic hydroxyl groups is 5. The summed E-state index contributed by atoms with van der Waals surface area (Å²) in [6.07, 6.45) is -26.5. The van der Waals surface area contributed by atoms with Crippen LogP contribution in [0.3, 0.4) is 0 Å². The molecule has 0 amide bonds. The van der Waals surface area contributed by atoms with Gasteiger partial charge in [0, 0.05) is 23.8 Å². The number of phenols is 5. The number of hydrogen-bond donors (Lipinski definition) is 15. The third-order valence-electron chi connectivity index (χ3n) is 11.1. The van der Waals surface area contributed by atoms with Crippen molar-refractivity contribution in [1.82, 2.24) is 0 Å². The molecule has 3 aliphatic heterocycles. The van der Waals surface area contributed by atoms with Crippen molar-refractivity contribution in [3.05, 3.63) is 70.4 Å². The summed E-state index contributed by atoms with van der Waals surface area (Å²) >= 11 is 0. The highest BCUT2D eigenvalue weighted by atomic mass is 16.8. The van der Waals surface area contributed by atoms with Crippen molar-refractivity contribution in [1.29, 1.82) is 0 Å². The third-order valence-corrected chi connectivity index (χ3v) is 11.1. The van der Waals surface area contributed by atoms with Crippen molar-refractivity contribution in [2.24, 2.45) is 0 Å². The van der Waals surface area contributed by atoms with Gasteiger partial charge in [-0.1, -0.05) is 6.07 Å². The minimum Gasteiger partial charge on any atom is -0.507 e. The minimum absolute atomic E-state index is 0.200. The summed E-state index contributed by atoms with van der Waals surface area (Å²) < 4.78 is 45.7. The molecule has 25 heteroatoms. The van der Waals surface area contributed by atoms with Gasteiger partial charge in [-0.15, -0.1) is 0 Å². The number of ether oxygens (including phenoxy) is 7. The summed E-state index contributed by atoms with van der Waals surface area (Å²) in [4.78, 5) is 27.6. The molecule has 0 bridgehead atoms. The number of aliphatic hydroxyl groups excluding tert-OH is 10. The Kier molecular flexibility index (Phi) is 14.7. The lowest BCUT2D eigenvalue weighted by Gasteiger charge is -2.46. The van der Waals surface area contributed by atoms with Crippen LogP contribution in [0, 0.1) is 0 Å². The Morgan fingerprint density at radius 3 is 1.76 bits per heavy atom. The van der Waals surface area contributed by atoms with Gasteiger partial charge in [-0.25, -0.2) is 4.79 Å². The Labute approximate surface area is 375 Å². The fourth-order valence-corrected chi connectivity index (χ4v) is 7.43. The van der Waals surface area contributed by atoms with Crippen LogP contribution < -0.4 is 14.9 Å². The molecule has 15 N–H and O–H groups in total. The standard InChI is InChI=1S/C42H46O25/c43-11-23-28(52)32(56)35(59)40(62-23)60-16-9-21(50)27-22(10-16)61-36(15-3-5-18(47)20(49)8-15)37(31(27)55)66-42-39(34(58)30(54)25(13-45)64-42)67-41-38(33(57)29(53)24(12-44)63-41)65-26(51)6-2-14-1-4-17(46)19(48)7-14/h1-10,23-25,28-30,32-35,38-50,52-54,56-59H,11-13H2/b6-2+/t23-,24?,25?,28+,29-,30+,32?,33?,34-,35?,38?,39?,40+,41-,42-/m0/s1. The SMILES string of the molecule is O=C(/C=C/c1ccc(O)c(O)c1)OC1C(O)[C@@H](O)C(CO)O[C@H]1OC1[C@H](Oc2c(-c3ccc(O)c(O)c3)oc3cc(O[C@@H]4O[C@@H](CO)[C@@H](O)C(O)C4O)cc(O)c3c2=O)OC(CO)[C@@H](O)[C@@H]1O. The number of aliphatic hydroxyl groups is 10. The zero-order valence-corrected chi connectivity index (χ0v) is 34.3. The first-order valence-corrected chi connectivity index (χ1v) is 20.2. The number of carbonyl (C=O) groups is 1. The second-order valence-electron chi connectivity index (χ2n) is 15.5. The van der Waals surface area contributed by atoms with Gasteiger partial charge in [-0.2, -0.15) is 0 Å². The van der Waals surface area contributed by atoms with Gasteiger partial charge in [0.25, 0.3) is 0 Å². The molecule has 0 aliphatic carbocycles. The van der Waals surface area contributed by atoms with Crippen LogP contribution in [-0.2, 0) is 28.5 Å². The van der Waals surface area contributed by atoms with Crippen LogP contribution in [-0.4, -0.2) is 195 Å². The average Bonchev–Trinajstić information content (AvgIpc) is 3.30. The van der Waals surface area contributed by atoms with Crippen LogP contribution in [0.5, 0.6) is 40.2 Å².